The van der Waals surface area contributed by atoms with Crippen molar-refractivity contribution >= 4 is 18.3 Å². The molecule has 3 nitrogen and oxygen atoms in total. The summed E-state index contributed by atoms with van der Waals surface area (Å²) in [5, 5.41) is 0. The van der Waals surface area contributed by atoms with E-state index in [4.69, 9.17) is 9.31 Å². The summed E-state index contributed by atoms with van der Waals surface area (Å²) in [6.07, 6.45) is 1.17. The molecule has 0 amide bonds. The second kappa shape index (κ2) is 4.75. The van der Waals surface area contributed by atoms with Crippen LogP contribution in [0.1, 0.15) is 53.5 Å². The molecule has 0 saturated carbocycles. The first-order valence-electron chi connectivity index (χ1n) is 8.25. The van der Waals surface area contributed by atoms with Gasteiger partial charge in [-0.15, -0.1) is 0 Å². The van der Waals surface area contributed by atoms with E-state index in [0.29, 0.717) is 0 Å². The monoisotopic (exact) mass is 301 g/mol. The first-order valence-corrected chi connectivity index (χ1v) is 8.25. The molecular formula is C18H28BNO2. The highest BCUT2D eigenvalue weighted by molar-refractivity contribution is 6.62. The summed E-state index contributed by atoms with van der Waals surface area (Å²) in [5.74, 6) is 0. The number of fused-ring (bicyclic) bond motifs is 1. The average Bonchev–Trinajstić information content (AvgIpc) is 2.63. The SMILES string of the molecule is CN1CCC(C)(C)c2cc(B3OC(C)(C)C(C)(C)O3)ccc21. The van der Waals surface area contributed by atoms with E-state index in [-0.39, 0.29) is 23.7 Å². The van der Waals surface area contributed by atoms with Crippen LogP contribution in [0.2, 0.25) is 0 Å². The van der Waals surface area contributed by atoms with Crippen LogP contribution < -0.4 is 10.4 Å². The summed E-state index contributed by atoms with van der Waals surface area (Å²) in [6, 6.07) is 6.66. The van der Waals surface area contributed by atoms with Crippen LogP contribution in [0.5, 0.6) is 0 Å². The van der Waals surface area contributed by atoms with Crippen LogP contribution in [0.15, 0.2) is 18.2 Å². The van der Waals surface area contributed by atoms with Crippen molar-refractivity contribution in [3.8, 4) is 0 Å². The number of nitrogens with zero attached hydrogens (tertiary/aromatic N) is 1. The Bertz CT molecular complexity index is 579. The van der Waals surface area contributed by atoms with E-state index in [1.165, 1.54) is 17.7 Å². The Hall–Kier alpha value is -0.995. The van der Waals surface area contributed by atoms with Gasteiger partial charge in [0.2, 0.25) is 0 Å². The highest BCUT2D eigenvalue weighted by Crippen LogP contribution is 2.40. The first-order chi connectivity index (χ1) is 10.0. The fourth-order valence-electron chi connectivity index (χ4n) is 3.26. The van der Waals surface area contributed by atoms with Crippen molar-refractivity contribution in [2.24, 2.45) is 0 Å². The van der Waals surface area contributed by atoms with Crippen LogP contribution in [-0.2, 0) is 14.7 Å². The van der Waals surface area contributed by atoms with Gasteiger partial charge < -0.3 is 14.2 Å². The van der Waals surface area contributed by atoms with E-state index < -0.39 is 0 Å². The summed E-state index contributed by atoms with van der Waals surface area (Å²) in [7, 11) is 1.89. The van der Waals surface area contributed by atoms with E-state index >= 15 is 0 Å². The van der Waals surface area contributed by atoms with Gasteiger partial charge in [-0.1, -0.05) is 26.0 Å². The fraction of sp³-hybridized carbons (Fsp3) is 0.667. The zero-order valence-electron chi connectivity index (χ0n) is 15.0. The Labute approximate surface area is 135 Å². The lowest BCUT2D eigenvalue weighted by molar-refractivity contribution is 0.00578. The van der Waals surface area contributed by atoms with Gasteiger partial charge in [-0.2, -0.15) is 0 Å². The molecule has 0 aromatic heterocycles. The molecule has 0 N–H and O–H groups in total. The van der Waals surface area contributed by atoms with Crippen molar-refractivity contribution in [2.45, 2.75) is 64.6 Å². The lowest BCUT2D eigenvalue weighted by Crippen LogP contribution is -2.41. The van der Waals surface area contributed by atoms with Crippen molar-refractivity contribution in [3.05, 3.63) is 23.8 Å². The first kappa shape index (κ1) is 15.9. The average molecular weight is 301 g/mol. The van der Waals surface area contributed by atoms with Crippen molar-refractivity contribution in [2.75, 3.05) is 18.5 Å². The molecule has 0 unspecified atom stereocenters. The summed E-state index contributed by atoms with van der Waals surface area (Å²) < 4.78 is 12.4. The maximum atomic E-state index is 6.20. The fourth-order valence-corrected chi connectivity index (χ4v) is 3.26. The van der Waals surface area contributed by atoms with Crippen LogP contribution in [0.4, 0.5) is 5.69 Å². The Morgan fingerprint density at radius 1 is 1.00 bits per heavy atom. The van der Waals surface area contributed by atoms with Gasteiger partial charge >= 0.3 is 7.12 Å². The highest BCUT2D eigenvalue weighted by atomic mass is 16.7. The largest absolute Gasteiger partial charge is 0.494 e. The molecule has 0 bridgehead atoms. The third kappa shape index (κ3) is 2.37. The summed E-state index contributed by atoms with van der Waals surface area (Å²) >= 11 is 0. The molecule has 1 aromatic carbocycles. The molecule has 2 aliphatic rings. The topological polar surface area (TPSA) is 21.7 Å². The van der Waals surface area contributed by atoms with Gasteiger partial charge in [0.15, 0.2) is 0 Å². The molecule has 0 aliphatic carbocycles. The Morgan fingerprint density at radius 2 is 1.59 bits per heavy atom. The highest BCUT2D eigenvalue weighted by Gasteiger charge is 2.52. The maximum Gasteiger partial charge on any atom is 0.494 e. The van der Waals surface area contributed by atoms with E-state index in [0.717, 1.165) is 12.0 Å². The van der Waals surface area contributed by atoms with Crippen molar-refractivity contribution in [1.82, 2.24) is 0 Å². The zero-order chi connectivity index (χ0) is 16.3. The van der Waals surface area contributed by atoms with Gasteiger partial charge in [-0.3, -0.25) is 0 Å². The minimum atomic E-state index is -0.292. The van der Waals surface area contributed by atoms with Gasteiger partial charge in [0, 0.05) is 19.3 Å². The van der Waals surface area contributed by atoms with Crippen molar-refractivity contribution in [1.29, 1.82) is 0 Å². The molecule has 3 rings (SSSR count). The molecule has 22 heavy (non-hydrogen) atoms. The molecule has 0 spiro atoms. The Kier molecular flexibility index (Phi) is 3.43. The van der Waals surface area contributed by atoms with E-state index in [9.17, 15) is 0 Å². The van der Waals surface area contributed by atoms with Gasteiger partial charge in [0.05, 0.1) is 11.2 Å². The van der Waals surface area contributed by atoms with Gasteiger partial charge in [0.25, 0.3) is 0 Å². The van der Waals surface area contributed by atoms with Gasteiger partial charge in [-0.05, 0) is 56.6 Å². The Balaban J connectivity index is 1.98. The summed E-state index contributed by atoms with van der Waals surface area (Å²) in [5.41, 5.74) is 3.46. The van der Waals surface area contributed by atoms with E-state index in [2.05, 4.69) is 71.7 Å². The normalized spacial score (nSPS) is 25.2. The molecule has 0 atom stereocenters. The summed E-state index contributed by atoms with van der Waals surface area (Å²) in [6.45, 7) is 14.2. The number of benzene rings is 1. The number of rotatable bonds is 1. The standard InChI is InChI=1S/C18H28BNO2/c1-16(2)10-11-20(7)15-9-8-13(12-14(15)16)19-21-17(3,4)18(5,6)22-19/h8-9,12H,10-11H2,1-7H3. The van der Waals surface area contributed by atoms with E-state index in [1.54, 1.807) is 0 Å². The molecule has 120 valence electrons. The molecular weight excluding hydrogens is 273 g/mol. The van der Waals surface area contributed by atoms with Gasteiger partial charge in [-0.25, -0.2) is 0 Å². The lowest BCUT2D eigenvalue weighted by Gasteiger charge is -2.38. The number of hydrogen-bond donors (Lipinski definition) is 0. The van der Waals surface area contributed by atoms with Crippen LogP contribution in [0.3, 0.4) is 0 Å². The maximum absolute atomic E-state index is 6.20. The smallest absolute Gasteiger partial charge is 0.399 e. The number of hydrogen-bond acceptors (Lipinski definition) is 3. The third-order valence-corrected chi connectivity index (χ3v) is 5.76. The minimum absolute atomic E-state index is 0.196. The molecule has 1 saturated heterocycles. The Morgan fingerprint density at radius 3 is 2.18 bits per heavy atom. The predicted molar refractivity (Wildman–Crippen MR) is 93.1 cm³/mol. The lowest BCUT2D eigenvalue weighted by atomic mass is 9.72. The molecule has 0 radical (unpaired) electrons. The van der Waals surface area contributed by atoms with Crippen LogP contribution in [0, 0.1) is 0 Å². The van der Waals surface area contributed by atoms with Gasteiger partial charge in [0.1, 0.15) is 0 Å². The van der Waals surface area contributed by atoms with E-state index in [1.807, 2.05) is 0 Å². The zero-order valence-corrected chi connectivity index (χ0v) is 15.0. The molecule has 1 fully saturated rings. The number of anilines is 1. The molecule has 2 heterocycles. The van der Waals surface area contributed by atoms with Crippen LogP contribution >= 0.6 is 0 Å². The second-order valence-electron chi connectivity index (χ2n) is 8.42. The predicted octanol–water partition coefficient (Wildman–Crippen LogP) is 3.10. The summed E-state index contributed by atoms with van der Waals surface area (Å²) in [4.78, 5) is 2.34. The molecule has 2 aliphatic heterocycles. The molecule has 1 aromatic rings. The van der Waals surface area contributed by atoms with Crippen LogP contribution in [-0.4, -0.2) is 31.9 Å². The van der Waals surface area contributed by atoms with Crippen molar-refractivity contribution < 1.29 is 9.31 Å². The third-order valence-electron chi connectivity index (χ3n) is 5.76. The van der Waals surface area contributed by atoms with Crippen molar-refractivity contribution in [3.63, 3.8) is 0 Å². The van der Waals surface area contributed by atoms with Crippen LogP contribution in [0.25, 0.3) is 0 Å². The minimum Gasteiger partial charge on any atom is -0.399 e. The second-order valence-corrected chi connectivity index (χ2v) is 8.42. The quantitative estimate of drug-likeness (QED) is 0.744. The molecule has 4 heteroatoms.